The van der Waals surface area contributed by atoms with Crippen LogP contribution in [0.15, 0.2) is 36.4 Å². The van der Waals surface area contributed by atoms with Crippen molar-refractivity contribution in [2.45, 2.75) is 26.9 Å². The lowest BCUT2D eigenvalue weighted by molar-refractivity contribution is 0.701. The highest BCUT2D eigenvalue weighted by Gasteiger charge is 1.96. The summed E-state index contributed by atoms with van der Waals surface area (Å²) < 4.78 is 0. The first-order valence-corrected chi connectivity index (χ1v) is 6.37. The van der Waals surface area contributed by atoms with E-state index in [-0.39, 0.29) is 12.4 Å². The number of hydrogen-bond acceptors (Lipinski definition) is 2. The van der Waals surface area contributed by atoms with Gasteiger partial charge in [0, 0.05) is 22.8 Å². The van der Waals surface area contributed by atoms with Gasteiger partial charge in [-0.25, -0.2) is 0 Å². The average Bonchev–Trinajstić information content (AvgIpc) is 2.67. The van der Waals surface area contributed by atoms with Crippen molar-refractivity contribution < 1.29 is 0 Å². The Morgan fingerprint density at radius 2 is 1.65 bits per heavy atom. The van der Waals surface area contributed by atoms with Crippen LogP contribution in [0.5, 0.6) is 0 Å². The standard InChI is InChI=1S/C14H17NS.ClH/c1-11-3-6-13(7-4-11)9-15-10-14-8-5-12(2)16-14;/h3-8,15H,9-10H2,1-2H3;1H. The van der Waals surface area contributed by atoms with E-state index in [2.05, 4.69) is 55.6 Å². The maximum absolute atomic E-state index is 3.46. The van der Waals surface area contributed by atoms with Crippen LogP contribution in [-0.4, -0.2) is 0 Å². The highest BCUT2D eigenvalue weighted by atomic mass is 35.5. The molecule has 0 spiro atoms. The van der Waals surface area contributed by atoms with Crippen molar-refractivity contribution in [3.8, 4) is 0 Å². The molecular formula is C14H18ClNS. The fourth-order valence-corrected chi connectivity index (χ4v) is 2.48. The summed E-state index contributed by atoms with van der Waals surface area (Å²) in [6.45, 7) is 6.17. The molecule has 0 amide bonds. The van der Waals surface area contributed by atoms with Gasteiger partial charge in [0.1, 0.15) is 0 Å². The molecule has 0 fully saturated rings. The van der Waals surface area contributed by atoms with Crippen LogP contribution in [0.1, 0.15) is 20.9 Å². The summed E-state index contributed by atoms with van der Waals surface area (Å²) in [4.78, 5) is 2.79. The van der Waals surface area contributed by atoms with E-state index in [1.54, 1.807) is 0 Å². The number of nitrogens with one attached hydrogen (secondary N) is 1. The maximum atomic E-state index is 3.46. The zero-order valence-electron chi connectivity index (χ0n) is 10.2. The Kier molecular flexibility index (Phi) is 5.69. The summed E-state index contributed by atoms with van der Waals surface area (Å²) in [5.41, 5.74) is 2.66. The molecule has 1 nitrogen and oxygen atoms in total. The molecule has 1 heterocycles. The quantitative estimate of drug-likeness (QED) is 0.880. The molecule has 0 aliphatic rings. The van der Waals surface area contributed by atoms with Crippen LogP contribution < -0.4 is 5.32 Å². The second kappa shape index (κ2) is 6.80. The molecule has 1 aromatic carbocycles. The van der Waals surface area contributed by atoms with Crippen molar-refractivity contribution >= 4 is 23.7 Å². The molecule has 0 saturated carbocycles. The van der Waals surface area contributed by atoms with Gasteiger partial charge in [-0.3, -0.25) is 0 Å². The van der Waals surface area contributed by atoms with Gasteiger partial charge in [-0.05, 0) is 31.5 Å². The lowest BCUT2D eigenvalue weighted by Gasteiger charge is -2.03. The summed E-state index contributed by atoms with van der Waals surface area (Å²) >= 11 is 1.86. The Hall–Kier alpha value is -0.830. The van der Waals surface area contributed by atoms with Crippen molar-refractivity contribution in [1.29, 1.82) is 0 Å². The van der Waals surface area contributed by atoms with Gasteiger partial charge in [-0.1, -0.05) is 29.8 Å². The van der Waals surface area contributed by atoms with E-state index in [1.807, 2.05) is 11.3 Å². The largest absolute Gasteiger partial charge is 0.308 e. The third-order valence-electron chi connectivity index (χ3n) is 2.54. The molecule has 0 saturated heterocycles. The van der Waals surface area contributed by atoms with Gasteiger partial charge < -0.3 is 5.32 Å². The van der Waals surface area contributed by atoms with E-state index in [1.165, 1.54) is 20.9 Å². The van der Waals surface area contributed by atoms with Crippen molar-refractivity contribution in [3.63, 3.8) is 0 Å². The Labute approximate surface area is 113 Å². The van der Waals surface area contributed by atoms with Crippen molar-refractivity contribution in [2.75, 3.05) is 0 Å². The molecule has 17 heavy (non-hydrogen) atoms. The van der Waals surface area contributed by atoms with Gasteiger partial charge >= 0.3 is 0 Å². The van der Waals surface area contributed by atoms with E-state index in [4.69, 9.17) is 0 Å². The second-order valence-corrected chi connectivity index (χ2v) is 5.47. The van der Waals surface area contributed by atoms with E-state index in [0.717, 1.165) is 13.1 Å². The van der Waals surface area contributed by atoms with Crippen molar-refractivity contribution in [1.82, 2.24) is 5.32 Å². The number of rotatable bonds is 4. The first-order chi connectivity index (χ1) is 7.74. The zero-order valence-corrected chi connectivity index (χ0v) is 11.8. The van der Waals surface area contributed by atoms with Gasteiger partial charge in [0.25, 0.3) is 0 Å². The molecule has 0 atom stereocenters. The SMILES string of the molecule is Cc1ccc(CNCc2ccc(C)s2)cc1.Cl. The lowest BCUT2D eigenvalue weighted by atomic mass is 10.1. The van der Waals surface area contributed by atoms with E-state index < -0.39 is 0 Å². The van der Waals surface area contributed by atoms with Crippen LogP contribution in [0.4, 0.5) is 0 Å². The first-order valence-electron chi connectivity index (χ1n) is 5.55. The molecule has 0 bridgehead atoms. The molecule has 1 N–H and O–H groups in total. The summed E-state index contributed by atoms with van der Waals surface area (Å²) in [5, 5.41) is 3.46. The molecule has 0 aliphatic heterocycles. The predicted molar refractivity (Wildman–Crippen MR) is 78.0 cm³/mol. The predicted octanol–water partition coefficient (Wildman–Crippen LogP) is 4.08. The zero-order chi connectivity index (χ0) is 11.4. The molecular weight excluding hydrogens is 250 g/mol. The smallest absolute Gasteiger partial charge is 0.0303 e. The number of benzene rings is 1. The van der Waals surface area contributed by atoms with Gasteiger partial charge in [0.2, 0.25) is 0 Å². The molecule has 2 aromatic rings. The van der Waals surface area contributed by atoms with Crippen molar-refractivity contribution in [3.05, 3.63) is 57.3 Å². The summed E-state index contributed by atoms with van der Waals surface area (Å²) in [6, 6.07) is 13.1. The molecule has 92 valence electrons. The Bertz CT molecular complexity index is 448. The van der Waals surface area contributed by atoms with E-state index in [0.29, 0.717) is 0 Å². The lowest BCUT2D eigenvalue weighted by Crippen LogP contribution is -2.11. The third kappa shape index (κ3) is 4.50. The molecule has 0 aliphatic carbocycles. The topological polar surface area (TPSA) is 12.0 Å². The minimum atomic E-state index is 0. The summed E-state index contributed by atoms with van der Waals surface area (Å²) in [7, 11) is 0. The van der Waals surface area contributed by atoms with Gasteiger partial charge in [-0.15, -0.1) is 23.7 Å². The third-order valence-corrected chi connectivity index (χ3v) is 3.55. The maximum Gasteiger partial charge on any atom is 0.0303 e. The number of hydrogen-bond donors (Lipinski definition) is 1. The molecule has 1 aromatic heterocycles. The summed E-state index contributed by atoms with van der Waals surface area (Å²) in [5.74, 6) is 0. The van der Waals surface area contributed by atoms with Crippen LogP contribution in [0.25, 0.3) is 0 Å². The fraction of sp³-hybridized carbons (Fsp3) is 0.286. The molecule has 0 radical (unpaired) electrons. The molecule has 0 unspecified atom stereocenters. The second-order valence-electron chi connectivity index (χ2n) is 4.10. The highest BCUT2D eigenvalue weighted by molar-refractivity contribution is 7.11. The normalized spacial score (nSPS) is 10.0. The monoisotopic (exact) mass is 267 g/mol. The Morgan fingerprint density at radius 3 is 2.24 bits per heavy atom. The number of halogens is 1. The average molecular weight is 268 g/mol. The van der Waals surface area contributed by atoms with Crippen molar-refractivity contribution in [2.24, 2.45) is 0 Å². The Morgan fingerprint density at radius 1 is 0.941 bits per heavy atom. The first kappa shape index (κ1) is 14.2. The van der Waals surface area contributed by atoms with Crippen LogP contribution in [0.2, 0.25) is 0 Å². The van der Waals surface area contributed by atoms with E-state index >= 15 is 0 Å². The van der Waals surface area contributed by atoms with Crippen LogP contribution in [0, 0.1) is 13.8 Å². The minimum absolute atomic E-state index is 0. The highest BCUT2D eigenvalue weighted by Crippen LogP contribution is 2.14. The van der Waals surface area contributed by atoms with Crippen LogP contribution in [0.3, 0.4) is 0 Å². The van der Waals surface area contributed by atoms with Crippen LogP contribution >= 0.6 is 23.7 Å². The number of aryl methyl sites for hydroxylation is 2. The van der Waals surface area contributed by atoms with Crippen LogP contribution in [-0.2, 0) is 13.1 Å². The Balaban J connectivity index is 0.00000144. The van der Waals surface area contributed by atoms with Gasteiger partial charge in [0.05, 0.1) is 0 Å². The molecule has 2 rings (SSSR count). The molecule has 3 heteroatoms. The van der Waals surface area contributed by atoms with E-state index in [9.17, 15) is 0 Å². The summed E-state index contributed by atoms with van der Waals surface area (Å²) in [6.07, 6.45) is 0. The minimum Gasteiger partial charge on any atom is -0.308 e. The van der Waals surface area contributed by atoms with Gasteiger partial charge in [-0.2, -0.15) is 0 Å². The van der Waals surface area contributed by atoms with Gasteiger partial charge in [0.15, 0.2) is 0 Å². The number of thiophene rings is 1. The fourth-order valence-electron chi connectivity index (χ4n) is 1.62.